The average Bonchev–Trinajstić information content (AvgIpc) is 3.04. The van der Waals surface area contributed by atoms with Crippen molar-refractivity contribution in [2.75, 3.05) is 39.4 Å². The molecular formula is C16H30IN3O3. The highest BCUT2D eigenvalue weighted by molar-refractivity contribution is 14.0. The first-order chi connectivity index (χ1) is 10.7. The van der Waals surface area contributed by atoms with Crippen LogP contribution in [0, 0.1) is 0 Å². The maximum atomic E-state index is 10.3. The molecule has 2 aliphatic heterocycles. The van der Waals surface area contributed by atoms with Crippen molar-refractivity contribution in [3.05, 3.63) is 0 Å². The van der Waals surface area contributed by atoms with Crippen LogP contribution >= 0.6 is 24.0 Å². The van der Waals surface area contributed by atoms with Crippen LogP contribution in [0.15, 0.2) is 4.99 Å². The largest absolute Gasteiger partial charge is 0.388 e. The molecule has 23 heavy (non-hydrogen) atoms. The number of morpholine rings is 1. The van der Waals surface area contributed by atoms with Gasteiger partial charge in [0.2, 0.25) is 0 Å². The zero-order valence-corrected chi connectivity index (χ0v) is 16.3. The van der Waals surface area contributed by atoms with Crippen molar-refractivity contribution >= 4 is 29.9 Å². The highest BCUT2D eigenvalue weighted by atomic mass is 127. The van der Waals surface area contributed by atoms with Crippen LogP contribution in [0.1, 0.15) is 39.0 Å². The number of hydrogen-bond acceptors (Lipinski definition) is 4. The monoisotopic (exact) mass is 439 g/mol. The first-order valence-corrected chi connectivity index (χ1v) is 8.69. The van der Waals surface area contributed by atoms with Gasteiger partial charge in [-0.2, -0.15) is 0 Å². The van der Waals surface area contributed by atoms with Crippen LogP contribution < -0.4 is 5.32 Å². The van der Waals surface area contributed by atoms with E-state index in [1.165, 1.54) is 0 Å². The van der Waals surface area contributed by atoms with E-state index in [0.29, 0.717) is 13.2 Å². The van der Waals surface area contributed by atoms with Crippen LogP contribution in [-0.4, -0.2) is 73.2 Å². The van der Waals surface area contributed by atoms with E-state index in [9.17, 15) is 5.11 Å². The molecule has 2 heterocycles. The fourth-order valence-corrected chi connectivity index (χ4v) is 3.38. The molecule has 2 saturated heterocycles. The van der Waals surface area contributed by atoms with E-state index in [4.69, 9.17) is 9.47 Å². The number of rotatable bonds is 4. The molecule has 0 amide bonds. The predicted molar refractivity (Wildman–Crippen MR) is 100 cm³/mol. The minimum atomic E-state index is -0.569. The van der Waals surface area contributed by atoms with Crippen molar-refractivity contribution in [1.82, 2.24) is 10.2 Å². The first-order valence-electron chi connectivity index (χ1n) is 8.69. The van der Waals surface area contributed by atoms with Crippen molar-refractivity contribution in [2.45, 2.75) is 56.8 Å². The normalized spacial score (nSPS) is 30.5. The number of ether oxygens (including phenoxy) is 2. The molecule has 1 saturated carbocycles. The maximum absolute atomic E-state index is 10.3. The van der Waals surface area contributed by atoms with Gasteiger partial charge in [0.25, 0.3) is 0 Å². The van der Waals surface area contributed by atoms with Gasteiger partial charge in [-0.3, -0.25) is 4.99 Å². The van der Waals surface area contributed by atoms with Gasteiger partial charge in [0.1, 0.15) is 6.10 Å². The summed E-state index contributed by atoms with van der Waals surface area (Å²) in [5, 5.41) is 13.6. The highest BCUT2D eigenvalue weighted by Crippen LogP contribution is 2.31. The third-order valence-corrected chi connectivity index (χ3v) is 4.91. The molecule has 0 spiro atoms. The molecule has 3 fully saturated rings. The van der Waals surface area contributed by atoms with E-state index in [2.05, 4.69) is 22.1 Å². The van der Waals surface area contributed by atoms with Gasteiger partial charge in [-0.15, -0.1) is 24.0 Å². The minimum absolute atomic E-state index is 0. The van der Waals surface area contributed by atoms with E-state index in [0.717, 1.165) is 64.3 Å². The Hall–Kier alpha value is -0.120. The van der Waals surface area contributed by atoms with Gasteiger partial charge in [0.05, 0.1) is 24.9 Å². The summed E-state index contributed by atoms with van der Waals surface area (Å²) in [7, 11) is 0. The third kappa shape index (κ3) is 4.93. The fraction of sp³-hybridized carbons (Fsp3) is 0.938. The molecule has 0 radical (unpaired) electrons. The maximum Gasteiger partial charge on any atom is 0.194 e. The Kier molecular flexibility index (Phi) is 7.37. The Balaban J connectivity index is 0.00000192. The van der Waals surface area contributed by atoms with Gasteiger partial charge < -0.3 is 24.8 Å². The fourth-order valence-electron chi connectivity index (χ4n) is 3.38. The lowest BCUT2D eigenvalue weighted by molar-refractivity contribution is -0.0818. The summed E-state index contributed by atoms with van der Waals surface area (Å²) in [5.74, 6) is 0.897. The second-order valence-corrected chi connectivity index (χ2v) is 6.65. The summed E-state index contributed by atoms with van der Waals surface area (Å²) >= 11 is 0. The zero-order valence-electron chi connectivity index (χ0n) is 14.0. The Labute approximate surface area is 156 Å². The highest BCUT2D eigenvalue weighted by Gasteiger charge is 2.35. The van der Waals surface area contributed by atoms with Crippen LogP contribution in [0.5, 0.6) is 0 Å². The summed E-state index contributed by atoms with van der Waals surface area (Å²) in [6, 6.07) is 0. The molecule has 2 unspecified atom stereocenters. The second-order valence-electron chi connectivity index (χ2n) is 6.65. The summed E-state index contributed by atoms with van der Waals surface area (Å²) in [6.45, 7) is 6.62. The van der Waals surface area contributed by atoms with Gasteiger partial charge >= 0.3 is 0 Å². The number of halogens is 1. The molecule has 1 aliphatic carbocycles. The minimum Gasteiger partial charge on any atom is -0.388 e. The molecule has 2 N–H and O–H groups in total. The molecule has 0 bridgehead atoms. The molecule has 3 aliphatic rings. The van der Waals surface area contributed by atoms with Gasteiger partial charge in [-0.25, -0.2) is 0 Å². The summed E-state index contributed by atoms with van der Waals surface area (Å²) < 4.78 is 11.7. The van der Waals surface area contributed by atoms with Crippen molar-refractivity contribution < 1.29 is 14.6 Å². The molecule has 7 heteroatoms. The van der Waals surface area contributed by atoms with E-state index >= 15 is 0 Å². The molecule has 3 rings (SSSR count). The molecule has 6 nitrogen and oxygen atoms in total. The zero-order chi connectivity index (χ0) is 15.4. The molecule has 134 valence electrons. The van der Waals surface area contributed by atoms with E-state index in [1.807, 2.05) is 0 Å². The Morgan fingerprint density at radius 1 is 1.26 bits per heavy atom. The summed E-state index contributed by atoms with van der Waals surface area (Å²) in [5.41, 5.74) is -0.569. The Morgan fingerprint density at radius 2 is 2.04 bits per heavy atom. The van der Waals surface area contributed by atoms with Gasteiger partial charge in [-0.05, 0) is 39.0 Å². The van der Waals surface area contributed by atoms with Crippen LogP contribution in [0.2, 0.25) is 0 Å². The lowest BCUT2D eigenvalue weighted by Gasteiger charge is -2.38. The number of aliphatic imine (C=N–C) groups is 1. The van der Waals surface area contributed by atoms with Gasteiger partial charge in [-0.1, -0.05) is 0 Å². The molecular weight excluding hydrogens is 409 g/mol. The van der Waals surface area contributed by atoms with Crippen LogP contribution in [0.3, 0.4) is 0 Å². The second kappa shape index (κ2) is 8.82. The SMILES string of the molecule is CCNC(=NCC1(O)CCC1)N1CCOC(C2CCCO2)C1.I. The van der Waals surface area contributed by atoms with E-state index < -0.39 is 5.60 Å². The molecule has 0 aromatic heterocycles. The molecule has 0 aromatic rings. The summed E-state index contributed by atoms with van der Waals surface area (Å²) in [4.78, 5) is 6.93. The van der Waals surface area contributed by atoms with Gasteiger partial charge in [0, 0.05) is 26.2 Å². The topological polar surface area (TPSA) is 66.3 Å². The number of hydrogen-bond donors (Lipinski definition) is 2. The van der Waals surface area contributed by atoms with Crippen LogP contribution in [-0.2, 0) is 9.47 Å². The first kappa shape index (κ1) is 19.2. The van der Waals surface area contributed by atoms with Crippen molar-refractivity contribution in [3.63, 3.8) is 0 Å². The number of nitrogens with one attached hydrogen (secondary N) is 1. The van der Waals surface area contributed by atoms with Crippen LogP contribution in [0.25, 0.3) is 0 Å². The third-order valence-electron chi connectivity index (χ3n) is 4.91. The lowest BCUT2D eigenvalue weighted by atomic mass is 9.80. The molecule has 2 atom stereocenters. The Bertz CT molecular complexity index is 398. The molecule has 0 aromatic carbocycles. The quantitative estimate of drug-likeness (QED) is 0.394. The van der Waals surface area contributed by atoms with Gasteiger partial charge in [0.15, 0.2) is 5.96 Å². The standard InChI is InChI=1S/C16H29N3O3.HI/c1-2-17-15(18-12-16(20)6-4-7-16)19-8-10-22-14(11-19)13-5-3-9-21-13;/h13-14,20H,2-12H2,1H3,(H,17,18);1H. The van der Waals surface area contributed by atoms with E-state index in [-0.39, 0.29) is 36.2 Å². The number of aliphatic hydroxyl groups is 1. The van der Waals surface area contributed by atoms with E-state index in [1.54, 1.807) is 0 Å². The average molecular weight is 439 g/mol. The predicted octanol–water partition coefficient (Wildman–Crippen LogP) is 1.36. The lowest BCUT2D eigenvalue weighted by Crippen LogP contribution is -2.53. The van der Waals surface area contributed by atoms with Crippen molar-refractivity contribution in [1.29, 1.82) is 0 Å². The Morgan fingerprint density at radius 3 is 2.65 bits per heavy atom. The number of nitrogens with zero attached hydrogens (tertiary/aromatic N) is 2. The number of guanidine groups is 1. The van der Waals surface area contributed by atoms with Crippen molar-refractivity contribution in [2.24, 2.45) is 4.99 Å². The summed E-state index contributed by atoms with van der Waals surface area (Å²) in [6.07, 6.45) is 5.43. The smallest absolute Gasteiger partial charge is 0.194 e. The van der Waals surface area contributed by atoms with Crippen LogP contribution in [0.4, 0.5) is 0 Å². The van der Waals surface area contributed by atoms with Crippen molar-refractivity contribution in [3.8, 4) is 0 Å².